The molecule has 2 aliphatic heterocycles. The fraction of sp³-hybridized carbons (Fsp3) is 0.462. The maximum Gasteiger partial charge on any atom is 0.175 e. The summed E-state index contributed by atoms with van der Waals surface area (Å²) in [6.45, 7) is 9.61. The molecule has 0 radical (unpaired) electrons. The van der Waals surface area contributed by atoms with Crippen LogP contribution in [0.1, 0.15) is 42.9 Å². The lowest BCUT2D eigenvalue weighted by atomic mass is 9.89. The van der Waals surface area contributed by atoms with Gasteiger partial charge in [-0.1, -0.05) is 36.3 Å². The predicted octanol–water partition coefficient (Wildman–Crippen LogP) is 3.32. The molecular formula is C26H32N4O. The van der Waals surface area contributed by atoms with Gasteiger partial charge in [0.05, 0.1) is 18.8 Å². The summed E-state index contributed by atoms with van der Waals surface area (Å²) in [6.07, 6.45) is 7.28. The molecule has 0 atom stereocenters. The van der Waals surface area contributed by atoms with E-state index < -0.39 is 0 Å². The molecule has 0 spiro atoms. The quantitative estimate of drug-likeness (QED) is 0.679. The predicted molar refractivity (Wildman–Crippen MR) is 124 cm³/mol. The van der Waals surface area contributed by atoms with Gasteiger partial charge in [-0.15, -0.1) is 0 Å². The van der Waals surface area contributed by atoms with Crippen LogP contribution in [-0.2, 0) is 11.2 Å². The molecule has 4 rings (SSSR count). The molecule has 0 bridgehead atoms. The molecule has 1 aromatic heterocycles. The first-order valence-electron chi connectivity index (χ1n) is 11.4. The minimum atomic E-state index is 0.108. The van der Waals surface area contributed by atoms with Crippen molar-refractivity contribution in [1.82, 2.24) is 4.98 Å². The normalized spacial score (nSPS) is 17.0. The van der Waals surface area contributed by atoms with E-state index in [9.17, 15) is 4.79 Å². The van der Waals surface area contributed by atoms with Gasteiger partial charge in [-0.3, -0.25) is 14.8 Å². The molecule has 5 nitrogen and oxygen atoms in total. The number of benzene rings is 1. The second-order valence-corrected chi connectivity index (χ2v) is 8.69. The zero-order chi connectivity index (χ0) is 21.8. The number of aryl methyl sites for hydroxylation is 2. The number of carbonyl (C=O) groups is 1. The monoisotopic (exact) mass is 416 g/mol. The van der Waals surface area contributed by atoms with Crippen molar-refractivity contribution >= 4 is 11.5 Å². The van der Waals surface area contributed by atoms with Gasteiger partial charge in [-0.25, -0.2) is 4.98 Å². The number of fused-ring (bicyclic) bond motifs is 1. The average Bonchev–Trinajstić information content (AvgIpc) is 2.80. The van der Waals surface area contributed by atoms with E-state index in [0.29, 0.717) is 6.54 Å². The van der Waals surface area contributed by atoms with Gasteiger partial charge >= 0.3 is 0 Å². The highest BCUT2D eigenvalue weighted by Crippen LogP contribution is 2.24. The van der Waals surface area contributed by atoms with Crippen LogP contribution in [0.15, 0.2) is 52.1 Å². The Morgan fingerprint density at radius 3 is 2.65 bits per heavy atom. The lowest BCUT2D eigenvalue weighted by Crippen LogP contribution is -2.43. The summed E-state index contributed by atoms with van der Waals surface area (Å²) in [7, 11) is 0. The van der Waals surface area contributed by atoms with Crippen molar-refractivity contribution in [3.8, 4) is 0 Å². The summed E-state index contributed by atoms with van der Waals surface area (Å²) in [5.41, 5.74) is 6.99. The van der Waals surface area contributed by atoms with Crippen molar-refractivity contribution in [1.29, 1.82) is 0 Å². The maximum atomic E-state index is 13.0. The van der Waals surface area contributed by atoms with Crippen LogP contribution in [0.4, 0.5) is 5.69 Å². The lowest BCUT2D eigenvalue weighted by Gasteiger charge is -2.32. The van der Waals surface area contributed by atoms with Crippen LogP contribution in [0.25, 0.3) is 0 Å². The number of piperidine rings is 1. The van der Waals surface area contributed by atoms with E-state index >= 15 is 0 Å². The van der Waals surface area contributed by atoms with Gasteiger partial charge < -0.3 is 4.90 Å². The number of allylic oxidation sites excluding steroid dienone is 2. The number of carbonyl (C=O) groups excluding carboxylic acids is 1. The number of aromatic nitrogens is 1. The Kier molecular flexibility index (Phi) is 6.59. The minimum Gasteiger partial charge on any atom is -0.370 e. The highest BCUT2D eigenvalue weighted by atomic mass is 16.1. The summed E-state index contributed by atoms with van der Waals surface area (Å²) >= 11 is 0. The van der Waals surface area contributed by atoms with Gasteiger partial charge in [-0.05, 0) is 62.8 Å². The van der Waals surface area contributed by atoms with E-state index in [1.807, 2.05) is 18.3 Å². The van der Waals surface area contributed by atoms with Gasteiger partial charge in [0.15, 0.2) is 11.3 Å². The third-order valence-electron chi connectivity index (χ3n) is 6.47. The zero-order valence-corrected chi connectivity index (χ0v) is 18.9. The lowest BCUT2D eigenvalue weighted by molar-refractivity contribution is -0.118. The van der Waals surface area contributed by atoms with E-state index in [-0.39, 0.29) is 11.7 Å². The Morgan fingerprint density at radius 2 is 1.90 bits per heavy atom. The van der Waals surface area contributed by atoms with Crippen molar-refractivity contribution in [3.63, 3.8) is 0 Å². The molecule has 162 valence electrons. The van der Waals surface area contributed by atoms with Crippen molar-refractivity contribution in [3.05, 3.63) is 69.6 Å². The van der Waals surface area contributed by atoms with Gasteiger partial charge in [-0.2, -0.15) is 0 Å². The first-order chi connectivity index (χ1) is 15.0. The molecule has 2 aliphatic rings. The van der Waals surface area contributed by atoms with E-state index in [1.165, 1.54) is 22.3 Å². The first kappa shape index (κ1) is 21.4. The summed E-state index contributed by atoms with van der Waals surface area (Å²) in [5, 5.41) is 0.917. The molecular weight excluding hydrogens is 384 g/mol. The molecule has 0 unspecified atom stereocenters. The molecule has 2 aromatic rings. The van der Waals surface area contributed by atoms with Crippen LogP contribution in [0.3, 0.4) is 0 Å². The molecule has 3 heterocycles. The van der Waals surface area contributed by atoms with Crippen LogP contribution in [-0.4, -0.2) is 36.9 Å². The van der Waals surface area contributed by atoms with Crippen LogP contribution in [0, 0.1) is 19.8 Å². The third kappa shape index (κ3) is 4.92. The van der Waals surface area contributed by atoms with Crippen molar-refractivity contribution in [2.24, 2.45) is 15.9 Å². The molecule has 0 aliphatic carbocycles. The highest BCUT2D eigenvalue weighted by Gasteiger charge is 2.25. The average molecular weight is 417 g/mol. The molecule has 1 fully saturated rings. The molecule has 0 amide bonds. The number of ketones is 1. The van der Waals surface area contributed by atoms with Crippen LogP contribution in [0.5, 0.6) is 0 Å². The van der Waals surface area contributed by atoms with E-state index in [1.54, 1.807) is 0 Å². The van der Waals surface area contributed by atoms with E-state index in [0.717, 1.165) is 61.8 Å². The SMILES string of the molecule is CCC(=CC(=O)C1CCN(c2ccnc3c2=NCCN=3)CC1)Cc1ccc(C)cc1C. The Balaban J connectivity index is 1.42. The minimum absolute atomic E-state index is 0.108. The Morgan fingerprint density at radius 1 is 1.13 bits per heavy atom. The molecule has 1 aromatic carbocycles. The van der Waals surface area contributed by atoms with Gasteiger partial charge in [0.25, 0.3) is 0 Å². The number of rotatable bonds is 6. The van der Waals surface area contributed by atoms with Gasteiger partial charge in [0, 0.05) is 25.2 Å². The van der Waals surface area contributed by atoms with Crippen molar-refractivity contribution < 1.29 is 4.79 Å². The van der Waals surface area contributed by atoms with Gasteiger partial charge in [0.2, 0.25) is 0 Å². The third-order valence-corrected chi connectivity index (χ3v) is 6.47. The molecule has 0 N–H and O–H groups in total. The van der Waals surface area contributed by atoms with E-state index in [4.69, 9.17) is 0 Å². The summed E-state index contributed by atoms with van der Waals surface area (Å²) in [5.74, 6) is 0.397. The second-order valence-electron chi connectivity index (χ2n) is 8.69. The number of pyridine rings is 1. The first-order valence-corrected chi connectivity index (χ1v) is 11.4. The molecule has 31 heavy (non-hydrogen) atoms. The molecule has 1 saturated heterocycles. The number of nitrogens with zero attached hydrogens (tertiary/aromatic N) is 4. The van der Waals surface area contributed by atoms with Crippen molar-refractivity contribution in [2.75, 3.05) is 31.1 Å². The van der Waals surface area contributed by atoms with Crippen LogP contribution >= 0.6 is 0 Å². The molecule has 0 saturated carbocycles. The fourth-order valence-corrected chi connectivity index (χ4v) is 4.56. The molecule has 5 heteroatoms. The van der Waals surface area contributed by atoms with Gasteiger partial charge in [0.1, 0.15) is 5.36 Å². The summed E-state index contributed by atoms with van der Waals surface area (Å²) in [4.78, 5) is 28.9. The number of hydrogen-bond donors (Lipinski definition) is 0. The number of anilines is 1. The fourth-order valence-electron chi connectivity index (χ4n) is 4.56. The summed E-state index contributed by atoms with van der Waals surface area (Å²) in [6, 6.07) is 8.61. The summed E-state index contributed by atoms with van der Waals surface area (Å²) < 4.78 is 0. The standard InChI is InChI=1S/C26H32N4O/c1-4-20(16-22-6-5-18(2)15-19(22)3)17-24(31)21-8-13-30(14-9-21)23-7-10-28-26-25(23)27-11-12-29-26/h5-7,10,15,17,21H,4,8-9,11-14,16H2,1-3H3. The maximum absolute atomic E-state index is 13.0. The zero-order valence-electron chi connectivity index (χ0n) is 18.9. The smallest absolute Gasteiger partial charge is 0.175 e. The Hall–Kier alpha value is -2.82. The highest BCUT2D eigenvalue weighted by molar-refractivity contribution is 5.92. The van der Waals surface area contributed by atoms with Crippen molar-refractivity contribution in [2.45, 2.75) is 46.5 Å². The van der Waals surface area contributed by atoms with Crippen LogP contribution < -0.4 is 15.7 Å². The van der Waals surface area contributed by atoms with E-state index in [2.05, 4.69) is 58.8 Å². The largest absolute Gasteiger partial charge is 0.370 e. The number of hydrogen-bond acceptors (Lipinski definition) is 5. The Labute approximate surface area is 184 Å². The van der Waals surface area contributed by atoms with Crippen LogP contribution in [0.2, 0.25) is 0 Å². The Bertz CT molecular complexity index is 1110. The second kappa shape index (κ2) is 9.54. The topological polar surface area (TPSA) is 57.9 Å².